The van der Waals surface area contributed by atoms with Crippen LogP contribution in [0.2, 0.25) is 0 Å². The van der Waals surface area contributed by atoms with E-state index in [1.807, 2.05) is 6.92 Å². The summed E-state index contributed by atoms with van der Waals surface area (Å²) >= 11 is 0. The predicted molar refractivity (Wildman–Crippen MR) is 91.6 cm³/mol. The Hall–Kier alpha value is -1.14. The van der Waals surface area contributed by atoms with Crippen LogP contribution in [0.3, 0.4) is 0 Å². The normalized spacial score (nSPS) is 25.7. The van der Waals surface area contributed by atoms with Crippen molar-refractivity contribution in [1.82, 2.24) is 10.6 Å². The van der Waals surface area contributed by atoms with E-state index < -0.39 is 0 Å². The molecule has 138 valence electrons. The molecule has 0 spiro atoms. The smallest absolute Gasteiger partial charge is 0.220 e. The molecule has 0 aromatic rings. The molecule has 6 heteroatoms. The highest BCUT2D eigenvalue weighted by Crippen LogP contribution is 2.17. The number of carbonyl (C=O) groups excluding carboxylic acids is 2. The van der Waals surface area contributed by atoms with Gasteiger partial charge in [-0.05, 0) is 19.8 Å². The maximum atomic E-state index is 12.1. The molecule has 1 aliphatic carbocycles. The Labute approximate surface area is 145 Å². The molecule has 0 aromatic carbocycles. The molecule has 1 saturated heterocycles. The summed E-state index contributed by atoms with van der Waals surface area (Å²) in [5.41, 5.74) is 0. The Balaban J connectivity index is 1.64. The van der Waals surface area contributed by atoms with Crippen molar-refractivity contribution in [3.05, 3.63) is 0 Å². The first kappa shape index (κ1) is 19.2. The lowest BCUT2D eigenvalue weighted by Crippen LogP contribution is -2.44. The summed E-state index contributed by atoms with van der Waals surface area (Å²) < 4.78 is 10.9. The summed E-state index contributed by atoms with van der Waals surface area (Å²) in [6.45, 7) is 3.52. The molecule has 1 aliphatic heterocycles. The molecular weight excluding hydrogens is 308 g/mol. The monoisotopic (exact) mass is 340 g/mol. The quantitative estimate of drug-likeness (QED) is 0.742. The van der Waals surface area contributed by atoms with Crippen molar-refractivity contribution in [2.45, 2.75) is 82.9 Å². The molecule has 0 radical (unpaired) electrons. The second-order valence-corrected chi connectivity index (χ2v) is 6.81. The highest BCUT2D eigenvalue weighted by Gasteiger charge is 2.30. The van der Waals surface area contributed by atoms with E-state index in [1.54, 1.807) is 0 Å². The van der Waals surface area contributed by atoms with Crippen LogP contribution >= 0.6 is 0 Å². The summed E-state index contributed by atoms with van der Waals surface area (Å²) in [6, 6.07) is 0.178. The van der Waals surface area contributed by atoms with Gasteiger partial charge in [0, 0.05) is 25.5 Å². The number of carbonyl (C=O) groups is 2. The summed E-state index contributed by atoms with van der Waals surface area (Å²) in [6.07, 6.45) is 8.72. The molecule has 2 rings (SSSR count). The maximum absolute atomic E-state index is 12.1. The van der Waals surface area contributed by atoms with E-state index in [2.05, 4.69) is 10.6 Å². The van der Waals surface area contributed by atoms with Crippen molar-refractivity contribution in [3.63, 3.8) is 0 Å². The van der Waals surface area contributed by atoms with E-state index in [-0.39, 0.29) is 42.8 Å². The van der Waals surface area contributed by atoms with E-state index in [0.29, 0.717) is 19.8 Å². The van der Waals surface area contributed by atoms with Crippen molar-refractivity contribution in [3.8, 4) is 0 Å². The lowest BCUT2D eigenvalue weighted by atomic mass is 9.96. The van der Waals surface area contributed by atoms with Crippen LogP contribution in [0.15, 0.2) is 0 Å². The van der Waals surface area contributed by atoms with Gasteiger partial charge in [0.05, 0.1) is 19.3 Å². The number of hydrogen-bond donors (Lipinski definition) is 2. The van der Waals surface area contributed by atoms with Crippen LogP contribution in [-0.2, 0) is 19.1 Å². The maximum Gasteiger partial charge on any atom is 0.220 e. The minimum Gasteiger partial charge on any atom is -0.376 e. The van der Waals surface area contributed by atoms with Crippen LogP contribution in [0.25, 0.3) is 0 Å². The molecule has 1 heterocycles. The van der Waals surface area contributed by atoms with Crippen LogP contribution in [0.1, 0.15) is 64.7 Å². The fourth-order valence-electron chi connectivity index (χ4n) is 3.45. The van der Waals surface area contributed by atoms with Gasteiger partial charge in [0.15, 0.2) is 0 Å². The third kappa shape index (κ3) is 6.77. The highest BCUT2D eigenvalue weighted by atomic mass is 16.5. The number of ether oxygens (including phenoxy) is 2. The average molecular weight is 340 g/mol. The molecule has 0 unspecified atom stereocenters. The zero-order valence-electron chi connectivity index (χ0n) is 14.9. The molecule has 1 saturated carbocycles. The van der Waals surface area contributed by atoms with Crippen molar-refractivity contribution in [1.29, 1.82) is 0 Å². The van der Waals surface area contributed by atoms with Gasteiger partial charge < -0.3 is 20.1 Å². The standard InChI is InChI=1S/C18H32N2O4/c1-2-24-16-13-23-12-15(16)20-18(22)11-10-17(21)19-14-8-6-4-3-5-7-9-14/h14-16H,2-13H2,1H3,(H,19,21)(H,20,22)/t15-,16-/m0/s1. The van der Waals surface area contributed by atoms with Crippen LogP contribution in [0.4, 0.5) is 0 Å². The van der Waals surface area contributed by atoms with Crippen LogP contribution in [0.5, 0.6) is 0 Å². The summed E-state index contributed by atoms with van der Waals surface area (Å²) in [5, 5.41) is 6.02. The number of hydrogen-bond acceptors (Lipinski definition) is 4. The minimum absolute atomic E-state index is 0.0141. The van der Waals surface area contributed by atoms with Crippen molar-refractivity contribution in [2.24, 2.45) is 0 Å². The Bertz CT molecular complexity index is 394. The molecular formula is C18H32N2O4. The first-order chi connectivity index (χ1) is 11.7. The lowest BCUT2D eigenvalue weighted by Gasteiger charge is -2.21. The first-order valence-electron chi connectivity index (χ1n) is 9.47. The number of nitrogens with one attached hydrogen (secondary N) is 2. The van der Waals surface area contributed by atoms with Crippen molar-refractivity contribution >= 4 is 11.8 Å². The SMILES string of the molecule is CCO[C@H]1COC[C@@H]1NC(=O)CCC(=O)NC1CCCCCCC1. The zero-order chi connectivity index (χ0) is 17.2. The van der Waals surface area contributed by atoms with E-state index in [0.717, 1.165) is 12.8 Å². The van der Waals surface area contributed by atoms with E-state index >= 15 is 0 Å². The van der Waals surface area contributed by atoms with Gasteiger partial charge in [0.25, 0.3) is 0 Å². The molecule has 0 aromatic heterocycles. The Morgan fingerprint density at radius 1 is 0.958 bits per heavy atom. The predicted octanol–water partition coefficient (Wildman–Crippen LogP) is 1.92. The Kier molecular flexibility index (Phi) is 8.53. The Morgan fingerprint density at radius 3 is 2.25 bits per heavy atom. The van der Waals surface area contributed by atoms with Gasteiger partial charge in [0.1, 0.15) is 6.10 Å². The summed E-state index contributed by atoms with van der Waals surface area (Å²) in [4.78, 5) is 24.1. The van der Waals surface area contributed by atoms with Gasteiger partial charge in [-0.1, -0.05) is 32.1 Å². The van der Waals surface area contributed by atoms with Gasteiger partial charge in [-0.3, -0.25) is 9.59 Å². The van der Waals surface area contributed by atoms with Crippen LogP contribution < -0.4 is 10.6 Å². The van der Waals surface area contributed by atoms with Gasteiger partial charge in [-0.15, -0.1) is 0 Å². The second-order valence-electron chi connectivity index (χ2n) is 6.81. The molecule has 2 fully saturated rings. The fraction of sp³-hybridized carbons (Fsp3) is 0.889. The van der Waals surface area contributed by atoms with E-state index in [1.165, 1.54) is 32.1 Å². The molecule has 24 heavy (non-hydrogen) atoms. The first-order valence-corrected chi connectivity index (χ1v) is 9.47. The van der Waals surface area contributed by atoms with Gasteiger partial charge in [0.2, 0.25) is 11.8 Å². The average Bonchev–Trinajstić information content (AvgIpc) is 2.95. The fourth-order valence-corrected chi connectivity index (χ4v) is 3.45. The topological polar surface area (TPSA) is 76.7 Å². The van der Waals surface area contributed by atoms with Gasteiger partial charge in [-0.25, -0.2) is 0 Å². The third-order valence-corrected chi connectivity index (χ3v) is 4.80. The highest BCUT2D eigenvalue weighted by molar-refractivity contribution is 5.84. The van der Waals surface area contributed by atoms with Gasteiger partial charge in [-0.2, -0.15) is 0 Å². The number of rotatable bonds is 7. The van der Waals surface area contributed by atoms with Crippen LogP contribution in [0, 0.1) is 0 Å². The number of amides is 2. The molecule has 0 bridgehead atoms. The second kappa shape index (κ2) is 10.7. The van der Waals surface area contributed by atoms with E-state index in [4.69, 9.17) is 9.47 Å². The van der Waals surface area contributed by atoms with Crippen molar-refractivity contribution < 1.29 is 19.1 Å². The Morgan fingerprint density at radius 2 is 1.58 bits per heavy atom. The minimum atomic E-state index is -0.108. The summed E-state index contributed by atoms with van der Waals surface area (Å²) in [5.74, 6) is -0.122. The lowest BCUT2D eigenvalue weighted by molar-refractivity contribution is -0.127. The summed E-state index contributed by atoms with van der Waals surface area (Å²) in [7, 11) is 0. The molecule has 2 aliphatic rings. The third-order valence-electron chi connectivity index (χ3n) is 4.80. The molecule has 2 amide bonds. The largest absolute Gasteiger partial charge is 0.376 e. The zero-order valence-corrected chi connectivity index (χ0v) is 14.9. The molecule has 2 N–H and O–H groups in total. The van der Waals surface area contributed by atoms with E-state index in [9.17, 15) is 9.59 Å². The molecule has 6 nitrogen and oxygen atoms in total. The van der Waals surface area contributed by atoms with Crippen molar-refractivity contribution in [2.75, 3.05) is 19.8 Å². The molecule has 2 atom stereocenters. The van der Waals surface area contributed by atoms with Gasteiger partial charge >= 0.3 is 0 Å². The van der Waals surface area contributed by atoms with Crippen LogP contribution in [-0.4, -0.2) is 49.8 Å².